The van der Waals surface area contributed by atoms with E-state index in [1.54, 1.807) is 6.20 Å². The summed E-state index contributed by atoms with van der Waals surface area (Å²) >= 11 is 0. The molecule has 0 N–H and O–H groups in total. The summed E-state index contributed by atoms with van der Waals surface area (Å²) in [5, 5.41) is 0. The number of nitrogens with zero attached hydrogens (tertiary/aromatic N) is 4. The van der Waals surface area contributed by atoms with E-state index < -0.39 is 0 Å². The van der Waals surface area contributed by atoms with Gasteiger partial charge in [-0.15, -0.1) is 0 Å². The van der Waals surface area contributed by atoms with Gasteiger partial charge in [0.2, 0.25) is 0 Å². The number of ether oxygens (including phenoxy) is 1. The van der Waals surface area contributed by atoms with Gasteiger partial charge in [0.15, 0.2) is 0 Å². The van der Waals surface area contributed by atoms with Crippen molar-refractivity contribution in [1.29, 1.82) is 0 Å². The van der Waals surface area contributed by atoms with Crippen LogP contribution in [0.4, 0.5) is 5.82 Å². The lowest BCUT2D eigenvalue weighted by Gasteiger charge is -2.41. The second kappa shape index (κ2) is 8.15. The number of piperidine rings is 1. The standard InChI is InChI=1S/C21H32N4O2/c1-16-5-6-17(2)25(16)19-4-3-9-24(15-19)21(26)18-7-8-20(22-14-18)23-10-12-27-13-11-23/h7-8,14,16-17,19H,3-6,9-13,15H2,1-2H3/t16-,17-,19-/m1/s1. The van der Waals surface area contributed by atoms with Crippen molar-refractivity contribution in [2.24, 2.45) is 0 Å². The maximum absolute atomic E-state index is 13.0. The van der Waals surface area contributed by atoms with Crippen molar-refractivity contribution >= 4 is 11.7 Å². The van der Waals surface area contributed by atoms with Crippen LogP contribution in [-0.4, -0.2) is 78.2 Å². The SMILES string of the molecule is C[C@@H]1CC[C@@H](C)N1[C@@H]1CCCN(C(=O)c2ccc(N3CCOCC3)nc2)C1. The molecule has 3 fully saturated rings. The van der Waals surface area contributed by atoms with Gasteiger partial charge < -0.3 is 14.5 Å². The number of hydrogen-bond donors (Lipinski definition) is 0. The van der Waals surface area contributed by atoms with E-state index in [0.717, 1.165) is 51.6 Å². The van der Waals surface area contributed by atoms with E-state index in [-0.39, 0.29) is 5.91 Å². The molecule has 3 aliphatic rings. The summed E-state index contributed by atoms with van der Waals surface area (Å²) < 4.78 is 5.40. The summed E-state index contributed by atoms with van der Waals surface area (Å²) in [5.74, 6) is 1.06. The van der Waals surface area contributed by atoms with Crippen molar-refractivity contribution in [3.63, 3.8) is 0 Å². The predicted octanol–water partition coefficient (Wildman–Crippen LogP) is 2.40. The van der Waals surface area contributed by atoms with Crippen LogP contribution in [-0.2, 0) is 4.74 Å². The lowest BCUT2D eigenvalue weighted by molar-refractivity contribution is 0.0486. The molecule has 0 radical (unpaired) electrons. The van der Waals surface area contributed by atoms with Gasteiger partial charge in [-0.05, 0) is 51.7 Å². The molecule has 0 saturated carbocycles. The summed E-state index contributed by atoms with van der Waals surface area (Å²) in [6, 6.07) is 5.68. The maximum Gasteiger partial charge on any atom is 0.255 e. The van der Waals surface area contributed by atoms with Crippen LogP contribution in [0.5, 0.6) is 0 Å². The number of hydrogen-bond acceptors (Lipinski definition) is 5. The van der Waals surface area contributed by atoms with Crippen molar-refractivity contribution in [3.8, 4) is 0 Å². The van der Waals surface area contributed by atoms with E-state index >= 15 is 0 Å². The van der Waals surface area contributed by atoms with Gasteiger partial charge in [0, 0.05) is 50.5 Å². The normalized spacial score (nSPS) is 29.9. The highest BCUT2D eigenvalue weighted by atomic mass is 16.5. The minimum absolute atomic E-state index is 0.125. The molecular formula is C21H32N4O2. The number of morpholine rings is 1. The molecule has 148 valence electrons. The third-order valence-electron chi connectivity index (χ3n) is 6.46. The van der Waals surface area contributed by atoms with Gasteiger partial charge in [-0.1, -0.05) is 0 Å². The van der Waals surface area contributed by atoms with E-state index in [1.807, 2.05) is 17.0 Å². The molecule has 0 unspecified atom stereocenters. The molecule has 0 bridgehead atoms. The molecule has 0 spiro atoms. The van der Waals surface area contributed by atoms with Crippen molar-refractivity contribution < 1.29 is 9.53 Å². The Morgan fingerprint density at radius 2 is 1.81 bits per heavy atom. The molecule has 0 aromatic carbocycles. The first kappa shape index (κ1) is 18.7. The fourth-order valence-corrected chi connectivity index (χ4v) is 4.99. The Labute approximate surface area is 162 Å². The van der Waals surface area contributed by atoms with Crippen LogP contribution in [0.2, 0.25) is 0 Å². The highest BCUT2D eigenvalue weighted by Crippen LogP contribution is 2.30. The second-order valence-electron chi connectivity index (χ2n) is 8.27. The molecule has 3 aliphatic heterocycles. The molecule has 1 amide bonds. The third kappa shape index (κ3) is 3.97. The van der Waals surface area contributed by atoms with Gasteiger partial charge in [0.05, 0.1) is 18.8 Å². The smallest absolute Gasteiger partial charge is 0.255 e. The molecular weight excluding hydrogens is 340 g/mol. The quantitative estimate of drug-likeness (QED) is 0.815. The van der Waals surface area contributed by atoms with Crippen molar-refractivity contribution in [1.82, 2.24) is 14.8 Å². The van der Waals surface area contributed by atoms with Crippen molar-refractivity contribution in [3.05, 3.63) is 23.9 Å². The summed E-state index contributed by atoms with van der Waals surface area (Å²) in [6.07, 6.45) is 6.59. The monoisotopic (exact) mass is 372 g/mol. The Hall–Kier alpha value is -1.66. The topological polar surface area (TPSA) is 48.9 Å². The molecule has 27 heavy (non-hydrogen) atoms. The zero-order valence-electron chi connectivity index (χ0n) is 16.6. The fourth-order valence-electron chi connectivity index (χ4n) is 4.99. The Bertz CT molecular complexity index is 634. The summed E-state index contributed by atoms with van der Waals surface area (Å²) in [5.41, 5.74) is 0.704. The number of amides is 1. The first-order valence-electron chi connectivity index (χ1n) is 10.5. The van der Waals surface area contributed by atoms with Gasteiger partial charge in [-0.3, -0.25) is 9.69 Å². The van der Waals surface area contributed by atoms with Crippen LogP contribution in [0.1, 0.15) is 49.9 Å². The van der Waals surface area contributed by atoms with Crippen LogP contribution in [0, 0.1) is 0 Å². The third-order valence-corrected chi connectivity index (χ3v) is 6.46. The molecule has 6 nitrogen and oxygen atoms in total. The fraction of sp³-hybridized carbons (Fsp3) is 0.714. The van der Waals surface area contributed by atoms with Gasteiger partial charge in [0.1, 0.15) is 5.82 Å². The zero-order valence-corrected chi connectivity index (χ0v) is 16.6. The predicted molar refractivity (Wildman–Crippen MR) is 106 cm³/mol. The van der Waals surface area contributed by atoms with Crippen molar-refractivity contribution in [2.45, 2.75) is 57.7 Å². The van der Waals surface area contributed by atoms with Gasteiger partial charge >= 0.3 is 0 Å². The Morgan fingerprint density at radius 1 is 1.07 bits per heavy atom. The van der Waals surface area contributed by atoms with Crippen LogP contribution >= 0.6 is 0 Å². The molecule has 3 atom stereocenters. The van der Waals surface area contributed by atoms with E-state index in [9.17, 15) is 4.79 Å². The van der Waals surface area contributed by atoms with E-state index in [2.05, 4.69) is 28.6 Å². The Balaban J connectivity index is 1.41. The van der Waals surface area contributed by atoms with Crippen LogP contribution in [0.3, 0.4) is 0 Å². The summed E-state index contributed by atoms with van der Waals surface area (Å²) in [4.78, 5) is 24.5. The maximum atomic E-state index is 13.0. The van der Waals surface area contributed by atoms with E-state index in [1.165, 1.54) is 19.3 Å². The molecule has 1 aromatic heterocycles. The molecule has 1 aromatic rings. The van der Waals surface area contributed by atoms with Crippen LogP contribution in [0.15, 0.2) is 18.3 Å². The number of likely N-dealkylation sites (tertiary alicyclic amines) is 2. The van der Waals surface area contributed by atoms with Gasteiger partial charge in [-0.2, -0.15) is 0 Å². The zero-order chi connectivity index (χ0) is 18.8. The summed E-state index contributed by atoms with van der Waals surface area (Å²) in [7, 11) is 0. The Morgan fingerprint density at radius 3 is 2.48 bits per heavy atom. The van der Waals surface area contributed by atoms with E-state index in [0.29, 0.717) is 23.7 Å². The lowest BCUT2D eigenvalue weighted by atomic mass is 10.0. The highest BCUT2D eigenvalue weighted by Gasteiger charge is 2.36. The molecule has 0 aliphatic carbocycles. The minimum Gasteiger partial charge on any atom is -0.378 e. The van der Waals surface area contributed by atoms with Crippen LogP contribution in [0.25, 0.3) is 0 Å². The van der Waals surface area contributed by atoms with Crippen LogP contribution < -0.4 is 4.90 Å². The lowest BCUT2D eigenvalue weighted by Crippen LogP contribution is -2.52. The number of anilines is 1. The first-order valence-corrected chi connectivity index (χ1v) is 10.5. The second-order valence-corrected chi connectivity index (χ2v) is 8.27. The average Bonchev–Trinajstić information content (AvgIpc) is 3.06. The van der Waals surface area contributed by atoms with Crippen molar-refractivity contribution in [2.75, 3.05) is 44.3 Å². The largest absolute Gasteiger partial charge is 0.378 e. The number of aromatic nitrogens is 1. The number of carbonyl (C=O) groups excluding carboxylic acids is 1. The number of rotatable bonds is 3. The first-order chi connectivity index (χ1) is 13.1. The van der Waals surface area contributed by atoms with Gasteiger partial charge in [0.25, 0.3) is 5.91 Å². The molecule has 4 rings (SSSR count). The highest BCUT2D eigenvalue weighted by molar-refractivity contribution is 5.94. The minimum atomic E-state index is 0.125. The summed E-state index contributed by atoms with van der Waals surface area (Å²) in [6.45, 7) is 9.57. The number of pyridine rings is 1. The molecule has 4 heterocycles. The number of carbonyl (C=O) groups is 1. The van der Waals surface area contributed by atoms with Gasteiger partial charge in [-0.25, -0.2) is 4.98 Å². The Kier molecular flexibility index (Phi) is 5.64. The molecule has 3 saturated heterocycles. The van der Waals surface area contributed by atoms with E-state index in [4.69, 9.17) is 4.74 Å². The molecule has 6 heteroatoms. The average molecular weight is 373 g/mol.